The first kappa shape index (κ1) is 20.0. The molecule has 0 bridgehead atoms. The predicted molar refractivity (Wildman–Crippen MR) is 98.0 cm³/mol. The minimum Gasteiger partial charge on any atom is -0.444 e. The summed E-state index contributed by atoms with van der Waals surface area (Å²) in [6.45, 7) is 12.8. The summed E-state index contributed by atoms with van der Waals surface area (Å²) in [7, 11) is 0. The average molecular weight is 341 g/mol. The number of carbonyl (C=O) groups is 1. The van der Waals surface area contributed by atoms with Crippen LogP contribution in [0.15, 0.2) is 17.5 Å². The molecule has 1 aromatic heterocycles. The van der Waals surface area contributed by atoms with Crippen LogP contribution in [-0.2, 0) is 4.74 Å². The second-order valence-corrected chi connectivity index (χ2v) is 8.25. The largest absolute Gasteiger partial charge is 0.444 e. The molecule has 1 heterocycles. The van der Waals surface area contributed by atoms with E-state index in [4.69, 9.17) is 4.74 Å². The normalized spacial score (nSPS) is 14.6. The lowest BCUT2D eigenvalue weighted by Gasteiger charge is -2.28. The molecule has 1 amide bonds. The molecule has 0 saturated carbocycles. The first-order valence-electron chi connectivity index (χ1n) is 8.49. The van der Waals surface area contributed by atoms with E-state index in [1.54, 1.807) is 11.3 Å². The zero-order chi connectivity index (χ0) is 17.5. The van der Waals surface area contributed by atoms with Gasteiger partial charge in [-0.15, -0.1) is 11.3 Å². The van der Waals surface area contributed by atoms with Gasteiger partial charge in [-0.05, 0) is 44.6 Å². The molecule has 23 heavy (non-hydrogen) atoms. The monoisotopic (exact) mass is 340 g/mol. The first-order chi connectivity index (χ1) is 10.7. The highest BCUT2D eigenvalue weighted by molar-refractivity contribution is 7.10. The minimum atomic E-state index is -0.463. The lowest BCUT2D eigenvalue weighted by Crippen LogP contribution is -2.44. The van der Waals surface area contributed by atoms with E-state index in [1.165, 1.54) is 4.88 Å². The van der Waals surface area contributed by atoms with Crippen molar-refractivity contribution in [3.8, 4) is 0 Å². The van der Waals surface area contributed by atoms with Crippen LogP contribution >= 0.6 is 11.3 Å². The molecule has 132 valence electrons. The van der Waals surface area contributed by atoms with Gasteiger partial charge in [0, 0.05) is 23.5 Å². The lowest BCUT2D eigenvalue weighted by molar-refractivity contribution is 0.0520. The molecule has 2 unspecified atom stereocenters. The molecule has 0 aliphatic heterocycles. The van der Waals surface area contributed by atoms with Crippen molar-refractivity contribution in [3.05, 3.63) is 22.4 Å². The quantitative estimate of drug-likeness (QED) is 0.719. The van der Waals surface area contributed by atoms with E-state index >= 15 is 0 Å². The maximum atomic E-state index is 11.9. The van der Waals surface area contributed by atoms with Crippen LogP contribution in [0.5, 0.6) is 0 Å². The molecule has 1 aromatic rings. The van der Waals surface area contributed by atoms with Crippen LogP contribution in [0, 0.1) is 5.92 Å². The van der Waals surface area contributed by atoms with Gasteiger partial charge in [0.25, 0.3) is 0 Å². The molecule has 5 heteroatoms. The molecule has 0 radical (unpaired) electrons. The fourth-order valence-corrected chi connectivity index (χ4v) is 3.40. The summed E-state index contributed by atoms with van der Waals surface area (Å²) in [5.74, 6) is 0.495. The molecule has 2 atom stereocenters. The van der Waals surface area contributed by atoms with Crippen molar-refractivity contribution in [1.82, 2.24) is 10.6 Å². The van der Waals surface area contributed by atoms with Crippen LogP contribution in [0.2, 0.25) is 0 Å². The van der Waals surface area contributed by atoms with Crippen LogP contribution in [0.3, 0.4) is 0 Å². The zero-order valence-corrected chi connectivity index (χ0v) is 16.1. The van der Waals surface area contributed by atoms with Gasteiger partial charge in [0.15, 0.2) is 0 Å². The topological polar surface area (TPSA) is 50.4 Å². The van der Waals surface area contributed by atoms with E-state index in [1.807, 2.05) is 20.8 Å². The van der Waals surface area contributed by atoms with Gasteiger partial charge in [0.05, 0.1) is 0 Å². The highest BCUT2D eigenvalue weighted by atomic mass is 32.1. The minimum absolute atomic E-state index is 0.238. The summed E-state index contributed by atoms with van der Waals surface area (Å²) in [5, 5.41) is 8.72. The van der Waals surface area contributed by atoms with Crippen LogP contribution in [-0.4, -0.2) is 24.3 Å². The summed E-state index contributed by atoms with van der Waals surface area (Å²) in [4.78, 5) is 13.2. The van der Waals surface area contributed by atoms with Crippen LogP contribution in [0.1, 0.15) is 65.3 Å². The Bertz CT molecular complexity index is 452. The maximum absolute atomic E-state index is 11.9. The number of hydrogen-bond donors (Lipinski definition) is 2. The summed E-state index contributed by atoms with van der Waals surface area (Å²) >= 11 is 1.78. The fraction of sp³-hybridized carbons (Fsp3) is 0.722. The summed E-state index contributed by atoms with van der Waals surface area (Å²) < 4.78 is 5.32. The van der Waals surface area contributed by atoms with Gasteiger partial charge < -0.3 is 15.4 Å². The van der Waals surface area contributed by atoms with Crippen molar-refractivity contribution < 1.29 is 9.53 Å². The Balaban J connectivity index is 2.61. The first-order valence-corrected chi connectivity index (χ1v) is 9.37. The Morgan fingerprint density at radius 3 is 2.52 bits per heavy atom. The van der Waals surface area contributed by atoms with E-state index < -0.39 is 5.60 Å². The number of hydrogen-bond acceptors (Lipinski definition) is 4. The SMILES string of the molecule is CCCC(CNC(=O)OC(C)(C)C)NC(c1cccs1)C(C)C. The van der Waals surface area contributed by atoms with Crippen molar-refractivity contribution in [2.24, 2.45) is 5.92 Å². The maximum Gasteiger partial charge on any atom is 0.407 e. The van der Waals surface area contributed by atoms with Crippen LogP contribution < -0.4 is 10.6 Å². The second-order valence-electron chi connectivity index (χ2n) is 7.27. The molecular weight excluding hydrogens is 308 g/mol. The van der Waals surface area contributed by atoms with Crippen molar-refractivity contribution in [3.63, 3.8) is 0 Å². The summed E-state index contributed by atoms with van der Waals surface area (Å²) in [6, 6.07) is 4.81. The van der Waals surface area contributed by atoms with Gasteiger partial charge in [-0.3, -0.25) is 0 Å². The molecule has 0 saturated heterocycles. The zero-order valence-electron chi connectivity index (χ0n) is 15.3. The Morgan fingerprint density at radius 1 is 1.35 bits per heavy atom. The number of alkyl carbamates (subject to hydrolysis) is 1. The number of ether oxygens (including phenoxy) is 1. The number of thiophene rings is 1. The number of rotatable bonds is 8. The van der Waals surface area contributed by atoms with Crippen LogP contribution in [0.25, 0.3) is 0 Å². The number of amides is 1. The van der Waals surface area contributed by atoms with Gasteiger partial charge in [0.1, 0.15) is 5.60 Å². The Hall–Kier alpha value is -1.07. The van der Waals surface area contributed by atoms with Crippen molar-refractivity contribution >= 4 is 17.4 Å². The van der Waals surface area contributed by atoms with E-state index in [0.29, 0.717) is 18.5 Å². The van der Waals surface area contributed by atoms with Gasteiger partial charge in [-0.25, -0.2) is 4.79 Å². The Labute approximate surface area is 145 Å². The standard InChI is InChI=1S/C18H32N2O2S/c1-7-9-14(12-19-17(21)22-18(4,5)6)20-16(13(2)3)15-10-8-11-23-15/h8,10-11,13-14,16,20H,7,9,12H2,1-6H3,(H,19,21). The second kappa shape index (κ2) is 9.28. The number of carbonyl (C=O) groups excluding carboxylic acids is 1. The predicted octanol–water partition coefficient (Wildman–Crippen LogP) is 4.73. The molecule has 0 aliphatic carbocycles. The third-order valence-corrected chi connectivity index (χ3v) is 4.42. The van der Waals surface area contributed by atoms with E-state index in [2.05, 4.69) is 48.9 Å². The molecule has 0 spiro atoms. The van der Waals surface area contributed by atoms with Crippen molar-refractivity contribution in [2.75, 3.05) is 6.54 Å². The third kappa shape index (κ3) is 7.84. The highest BCUT2D eigenvalue weighted by Crippen LogP contribution is 2.26. The van der Waals surface area contributed by atoms with Crippen LogP contribution in [0.4, 0.5) is 4.79 Å². The average Bonchev–Trinajstić information content (AvgIpc) is 2.93. The van der Waals surface area contributed by atoms with E-state index in [9.17, 15) is 4.79 Å². The van der Waals surface area contributed by atoms with Gasteiger partial charge >= 0.3 is 6.09 Å². The third-order valence-electron chi connectivity index (χ3n) is 3.46. The molecule has 1 rings (SSSR count). The van der Waals surface area contributed by atoms with Gasteiger partial charge in [-0.2, -0.15) is 0 Å². The fourth-order valence-electron chi connectivity index (χ4n) is 2.44. The van der Waals surface area contributed by atoms with Gasteiger partial charge in [-0.1, -0.05) is 33.3 Å². The lowest BCUT2D eigenvalue weighted by atomic mass is 10.0. The Morgan fingerprint density at radius 2 is 2.04 bits per heavy atom. The summed E-state index contributed by atoms with van der Waals surface area (Å²) in [6.07, 6.45) is 1.74. The summed E-state index contributed by atoms with van der Waals surface area (Å²) in [5.41, 5.74) is -0.463. The molecular formula is C18H32N2O2S. The van der Waals surface area contributed by atoms with Gasteiger partial charge in [0.2, 0.25) is 0 Å². The smallest absolute Gasteiger partial charge is 0.407 e. The van der Waals surface area contributed by atoms with Crippen molar-refractivity contribution in [1.29, 1.82) is 0 Å². The number of nitrogens with one attached hydrogen (secondary N) is 2. The molecule has 2 N–H and O–H groups in total. The molecule has 4 nitrogen and oxygen atoms in total. The van der Waals surface area contributed by atoms with E-state index in [0.717, 1.165) is 12.8 Å². The Kier molecular flexibility index (Phi) is 8.06. The van der Waals surface area contributed by atoms with E-state index in [-0.39, 0.29) is 12.1 Å². The molecule has 0 fully saturated rings. The highest BCUT2D eigenvalue weighted by Gasteiger charge is 2.22. The van der Waals surface area contributed by atoms with Crippen molar-refractivity contribution in [2.45, 2.75) is 72.1 Å². The molecule has 0 aromatic carbocycles. The molecule has 0 aliphatic rings.